The van der Waals surface area contributed by atoms with Crippen LogP contribution in [0.3, 0.4) is 0 Å². The van der Waals surface area contributed by atoms with Crippen LogP contribution in [0, 0.1) is 0 Å². The van der Waals surface area contributed by atoms with E-state index in [1.54, 1.807) is 4.90 Å². The molecule has 0 bridgehead atoms. The van der Waals surface area contributed by atoms with Gasteiger partial charge in [0.25, 0.3) is 0 Å². The number of nitrogens with zero attached hydrogens (tertiary/aromatic N) is 1. The molecule has 1 N–H and O–H groups in total. The van der Waals surface area contributed by atoms with Crippen LogP contribution < -0.4 is 10.2 Å². The molecule has 0 spiro atoms. The van der Waals surface area contributed by atoms with Gasteiger partial charge in [0.1, 0.15) is 5.25 Å². The van der Waals surface area contributed by atoms with Gasteiger partial charge < -0.3 is 10.2 Å². The lowest BCUT2D eigenvalue weighted by Crippen LogP contribution is -2.46. The molecular weight excluding hydrogens is 328 g/mol. The van der Waals surface area contributed by atoms with Crippen molar-refractivity contribution in [3.8, 4) is 0 Å². The molecule has 1 aromatic rings. The molecule has 1 aliphatic rings. The average Bonchev–Trinajstić information content (AvgIpc) is 2.57. The molecule has 132 valence electrons. The van der Waals surface area contributed by atoms with E-state index >= 15 is 0 Å². The third-order valence-electron chi connectivity index (χ3n) is 4.34. The third kappa shape index (κ3) is 3.77. The summed E-state index contributed by atoms with van der Waals surface area (Å²) in [7, 11) is -3.53. The van der Waals surface area contributed by atoms with Crippen molar-refractivity contribution in [2.24, 2.45) is 0 Å². The van der Waals surface area contributed by atoms with Crippen LogP contribution in [-0.2, 0) is 25.8 Å². The molecule has 0 radical (unpaired) electrons. The minimum Gasteiger partial charge on any atom is -0.346 e. The largest absolute Gasteiger partial charge is 0.346 e. The van der Waals surface area contributed by atoms with Crippen LogP contribution in [0.4, 0.5) is 5.69 Å². The van der Waals surface area contributed by atoms with Crippen molar-refractivity contribution in [2.75, 3.05) is 18.0 Å². The second kappa shape index (κ2) is 7.34. The van der Waals surface area contributed by atoms with Crippen LogP contribution in [0.25, 0.3) is 0 Å². The van der Waals surface area contributed by atoms with Crippen LogP contribution in [0.15, 0.2) is 24.3 Å². The Kier molecular flexibility index (Phi) is 5.64. The highest BCUT2D eigenvalue weighted by atomic mass is 32.2. The second-order valence-corrected chi connectivity index (χ2v) is 9.10. The summed E-state index contributed by atoms with van der Waals surface area (Å²) in [4.78, 5) is 26.2. The molecule has 0 fully saturated rings. The first-order chi connectivity index (χ1) is 11.2. The van der Waals surface area contributed by atoms with Gasteiger partial charge in [0, 0.05) is 12.2 Å². The fourth-order valence-corrected chi connectivity index (χ4v) is 3.95. The van der Waals surface area contributed by atoms with Crippen LogP contribution in [0.2, 0.25) is 0 Å². The number of rotatable bonds is 5. The van der Waals surface area contributed by atoms with E-state index in [-0.39, 0.29) is 12.5 Å². The highest BCUT2D eigenvalue weighted by molar-refractivity contribution is 7.93. The van der Waals surface area contributed by atoms with Gasteiger partial charge in [0.15, 0.2) is 9.84 Å². The van der Waals surface area contributed by atoms with Gasteiger partial charge in [0.05, 0.1) is 11.8 Å². The zero-order valence-electron chi connectivity index (χ0n) is 14.3. The van der Waals surface area contributed by atoms with E-state index in [4.69, 9.17) is 0 Å². The molecule has 2 amide bonds. The van der Waals surface area contributed by atoms with Gasteiger partial charge in [0.2, 0.25) is 11.8 Å². The van der Waals surface area contributed by atoms with E-state index in [0.29, 0.717) is 6.54 Å². The molecule has 1 atom stereocenters. The van der Waals surface area contributed by atoms with Crippen molar-refractivity contribution in [1.82, 2.24) is 5.32 Å². The summed E-state index contributed by atoms with van der Waals surface area (Å²) in [5.74, 6) is -0.869. The summed E-state index contributed by atoms with van der Waals surface area (Å²) in [5, 5.41) is 0.658. The van der Waals surface area contributed by atoms with E-state index < -0.39 is 26.2 Å². The number of hydrogen-bond acceptors (Lipinski definition) is 4. The fraction of sp³-hybridized carbons (Fsp3) is 0.529. The molecule has 0 saturated heterocycles. The standard InChI is InChI=1S/C17H24N2O4S/c1-12(2)24(22,23)13(3)17(21)18-11-16(20)19-10-6-8-14-7-4-5-9-15(14)19/h4-5,7,9,12-13H,6,8,10-11H2,1-3H3,(H,18,21)/t13-/m0/s1. The summed E-state index contributed by atoms with van der Waals surface area (Å²) in [6.45, 7) is 4.83. The average molecular weight is 352 g/mol. The summed E-state index contributed by atoms with van der Waals surface area (Å²) in [6.07, 6.45) is 1.80. The van der Waals surface area contributed by atoms with E-state index in [0.717, 1.165) is 24.1 Å². The number of aryl methyl sites for hydroxylation is 1. The van der Waals surface area contributed by atoms with Crippen LogP contribution in [-0.4, -0.2) is 43.8 Å². The molecule has 2 rings (SSSR count). The first-order valence-corrected chi connectivity index (χ1v) is 9.74. The Bertz CT molecular complexity index is 728. The first kappa shape index (κ1) is 18.4. The number of para-hydroxylation sites is 1. The van der Waals surface area contributed by atoms with Gasteiger partial charge >= 0.3 is 0 Å². The van der Waals surface area contributed by atoms with E-state index in [1.165, 1.54) is 20.8 Å². The number of nitrogens with one attached hydrogen (secondary N) is 1. The number of anilines is 1. The molecule has 1 aliphatic heterocycles. The van der Waals surface area contributed by atoms with Gasteiger partial charge in [-0.1, -0.05) is 18.2 Å². The van der Waals surface area contributed by atoms with Crippen LogP contribution in [0.5, 0.6) is 0 Å². The van der Waals surface area contributed by atoms with Crippen molar-refractivity contribution in [2.45, 2.75) is 44.1 Å². The summed E-state index contributed by atoms with van der Waals surface area (Å²) >= 11 is 0. The molecule has 6 nitrogen and oxygen atoms in total. The van der Waals surface area contributed by atoms with E-state index in [1.807, 2.05) is 24.3 Å². The van der Waals surface area contributed by atoms with Gasteiger partial charge in [-0.05, 0) is 45.2 Å². The number of hydrogen-bond donors (Lipinski definition) is 1. The first-order valence-electron chi connectivity index (χ1n) is 8.14. The Hall–Kier alpha value is -1.89. The van der Waals surface area contributed by atoms with Crippen molar-refractivity contribution in [3.63, 3.8) is 0 Å². The lowest BCUT2D eigenvalue weighted by atomic mass is 10.0. The molecule has 0 aliphatic carbocycles. The van der Waals surface area contributed by atoms with Crippen LogP contribution >= 0.6 is 0 Å². The van der Waals surface area contributed by atoms with Crippen molar-refractivity contribution < 1.29 is 18.0 Å². The van der Waals surface area contributed by atoms with Gasteiger partial charge in [-0.25, -0.2) is 8.42 Å². The maximum Gasteiger partial charge on any atom is 0.246 e. The normalized spacial score (nSPS) is 15.8. The SMILES string of the molecule is CC(C)S(=O)(=O)[C@@H](C)C(=O)NCC(=O)N1CCCc2ccccc21. The van der Waals surface area contributed by atoms with Crippen molar-refractivity contribution in [3.05, 3.63) is 29.8 Å². The Balaban J connectivity index is 2.01. The molecule has 1 heterocycles. The molecule has 7 heteroatoms. The molecule has 24 heavy (non-hydrogen) atoms. The molecule has 0 unspecified atom stereocenters. The molecular formula is C17H24N2O4S. The number of amides is 2. The number of sulfone groups is 1. The van der Waals surface area contributed by atoms with Gasteiger partial charge in [-0.15, -0.1) is 0 Å². The Labute approximate surface area is 143 Å². The lowest BCUT2D eigenvalue weighted by molar-refractivity contribution is -0.124. The predicted molar refractivity (Wildman–Crippen MR) is 93.6 cm³/mol. The van der Waals surface area contributed by atoms with Crippen molar-refractivity contribution in [1.29, 1.82) is 0 Å². The van der Waals surface area contributed by atoms with E-state index in [2.05, 4.69) is 5.32 Å². The van der Waals surface area contributed by atoms with Crippen molar-refractivity contribution >= 4 is 27.3 Å². The zero-order valence-corrected chi connectivity index (χ0v) is 15.1. The Morgan fingerprint density at radius 3 is 2.54 bits per heavy atom. The third-order valence-corrected chi connectivity index (χ3v) is 6.86. The topological polar surface area (TPSA) is 83.5 Å². The number of carbonyl (C=O) groups is 2. The summed E-state index contributed by atoms with van der Waals surface area (Å²) in [5.41, 5.74) is 1.98. The minimum atomic E-state index is -3.53. The molecule has 1 aromatic carbocycles. The minimum absolute atomic E-state index is 0.203. The highest BCUT2D eigenvalue weighted by Crippen LogP contribution is 2.26. The monoisotopic (exact) mass is 352 g/mol. The van der Waals surface area contributed by atoms with E-state index in [9.17, 15) is 18.0 Å². The van der Waals surface area contributed by atoms with Gasteiger partial charge in [-0.3, -0.25) is 9.59 Å². The highest BCUT2D eigenvalue weighted by Gasteiger charge is 2.31. The summed E-state index contributed by atoms with van der Waals surface area (Å²) < 4.78 is 24.1. The van der Waals surface area contributed by atoms with Crippen LogP contribution in [0.1, 0.15) is 32.8 Å². The maximum absolute atomic E-state index is 12.4. The maximum atomic E-state index is 12.4. The molecule has 0 aromatic heterocycles. The summed E-state index contributed by atoms with van der Waals surface area (Å²) in [6, 6.07) is 7.69. The number of fused-ring (bicyclic) bond motifs is 1. The predicted octanol–water partition coefficient (Wildman–Crippen LogP) is 1.29. The smallest absolute Gasteiger partial charge is 0.246 e. The van der Waals surface area contributed by atoms with Gasteiger partial charge in [-0.2, -0.15) is 0 Å². The quantitative estimate of drug-likeness (QED) is 0.866. The number of carbonyl (C=O) groups excluding carboxylic acids is 2. The zero-order chi connectivity index (χ0) is 17.9. The Morgan fingerprint density at radius 1 is 1.21 bits per heavy atom. The Morgan fingerprint density at radius 2 is 1.88 bits per heavy atom. The lowest BCUT2D eigenvalue weighted by Gasteiger charge is -2.29. The molecule has 0 saturated carbocycles. The fourth-order valence-electron chi connectivity index (χ4n) is 2.75. The number of benzene rings is 1. The second-order valence-electron chi connectivity index (χ2n) is 6.28.